The number of carbonyl (C=O) groups excluding carboxylic acids is 1. The van der Waals surface area contributed by atoms with Crippen LogP contribution in [-0.4, -0.2) is 45.2 Å². The van der Waals surface area contributed by atoms with Gasteiger partial charge in [0, 0.05) is 16.4 Å². The molecule has 138 valence electrons. The van der Waals surface area contributed by atoms with Gasteiger partial charge in [-0.15, -0.1) is 0 Å². The summed E-state index contributed by atoms with van der Waals surface area (Å²) >= 11 is 5.95. The van der Waals surface area contributed by atoms with Crippen LogP contribution in [0.3, 0.4) is 0 Å². The van der Waals surface area contributed by atoms with Gasteiger partial charge in [-0.1, -0.05) is 11.6 Å². The molecule has 6 heteroatoms. The number of anilines is 2. The first kappa shape index (κ1) is 18.5. The highest BCUT2D eigenvalue weighted by atomic mass is 35.5. The Bertz CT molecular complexity index is 711. The molecule has 2 aromatic rings. The SMILES string of the molecule is CCOc1ccc(NC(=O)C[NH+]2CCN(c3ccc(Cl)cc3)CC2)cc1. The summed E-state index contributed by atoms with van der Waals surface area (Å²) in [6.07, 6.45) is 0. The Hall–Kier alpha value is -2.24. The van der Waals surface area contributed by atoms with Crippen molar-refractivity contribution in [1.29, 1.82) is 0 Å². The van der Waals surface area contributed by atoms with Gasteiger partial charge in [0.25, 0.3) is 5.91 Å². The summed E-state index contributed by atoms with van der Waals surface area (Å²) in [4.78, 5) is 15.9. The summed E-state index contributed by atoms with van der Waals surface area (Å²) in [5.41, 5.74) is 1.99. The molecule has 0 saturated carbocycles. The highest BCUT2D eigenvalue weighted by molar-refractivity contribution is 6.30. The molecule has 2 N–H and O–H groups in total. The van der Waals surface area contributed by atoms with Gasteiger partial charge >= 0.3 is 0 Å². The van der Waals surface area contributed by atoms with Crippen molar-refractivity contribution < 1.29 is 14.4 Å². The summed E-state index contributed by atoms with van der Waals surface area (Å²) < 4.78 is 5.41. The van der Waals surface area contributed by atoms with E-state index in [-0.39, 0.29) is 5.91 Å². The summed E-state index contributed by atoms with van der Waals surface area (Å²) in [6, 6.07) is 15.4. The molecule has 1 amide bonds. The third-order valence-electron chi connectivity index (χ3n) is 4.52. The van der Waals surface area contributed by atoms with Crippen molar-refractivity contribution in [1.82, 2.24) is 0 Å². The Labute approximate surface area is 159 Å². The van der Waals surface area contributed by atoms with Gasteiger partial charge in [-0.25, -0.2) is 0 Å². The molecule has 0 bridgehead atoms. The molecule has 1 fully saturated rings. The third-order valence-corrected chi connectivity index (χ3v) is 4.77. The molecule has 0 spiro atoms. The average molecular weight is 375 g/mol. The zero-order valence-corrected chi connectivity index (χ0v) is 15.8. The molecule has 0 unspecified atom stereocenters. The predicted octanol–water partition coefficient (Wildman–Crippen LogP) is 2.08. The number of hydrogen-bond acceptors (Lipinski definition) is 3. The van der Waals surface area contributed by atoms with Crippen LogP contribution in [0.4, 0.5) is 11.4 Å². The first-order valence-electron chi connectivity index (χ1n) is 9.01. The summed E-state index contributed by atoms with van der Waals surface area (Å²) in [7, 11) is 0. The number of amides is 1. The van der Waals surface area contributed by atoms with Crippen molar-refractivity contribution in [3.63, 3.8) is 0 Å². The molecule has 1 heterocycles. The quantitative estimate of drug-likeness (QED) is 0.813. The third kappa shape index (κ3) is 5.13. The summed E-state index contributed by atoms with van der Waals surface area (Å²) in [5, 5.41) is 3.72. The molecule has 0 aromatic heterocycles. The molecule has 1 aliphatic heterocycles. The lowest BCUT2D eigenvalue weighted by molar-refractivity contribution is -0.892. The van der Waals surface area contributed by atoms with Crippen molar-refractivity contribution in [2.75, 3.05) is 49.5 Å². The Morgan fingerprint density at radius 1 is 1.12 bits per heavy atom. The number of ether oxygens (including phenoxy) is 1. The summed E-state index contributed by atoms with van der Waals surface area (Å²) in [6.45, 7) is 6.84. The summed E-state index contributed by atoms with van der Waals surface area (Å²) in [5.74, 6) is 0.860. The maximum Gasteiger partial charge on any atom is 0.279 e. The highest BCUT2D eigenvalue weighted by Gasteiger charge is 2.22. The van der Waals surface area contributed by atoms with Crippen LogP contribution in [0, 0.1) is 0 Å². The standard InChI is InChI=1S/C20H24ClN3O2/c1-2-26-19-9-5-17(6-10-19)22-20(25)15-23-11-13-24(14-12-23)18-7-3-16(21)4-8-18/h3-10H,2,11-15H2,1H3,(H,22,25)/p+1. The monoisotopic (exact) mass is 374 g/mol. The Balaban J connectivity index is 1.45. The van der Waals surface area contributed by atoms with Crippen LogP contribution in [0.2, 0.25) is 5.02 Å². The molecule has 1 saturated heterocycles. The van der Waals surface area contributed by atoms with E-state index in [1.54, 1.807) is 0 Å². The lowest BCUT2D eigenvalue weighted by atomic mass is 10.2. The minimum absolute atomic E-state index is 0.0455. The van der Waals surface area contributed by atoms with Gasteiger partial charge in [0.1, 0.15) is 5.75 Å². The Morgan fingerprint density at radius 2 is 1.77 bits per heavy atom. The van der Waals surface area contributed by atoms with E-state index in [4.69, 9.17) is 16.3 Å². The van der Waals surface area contributed by atoms with Crippen LogP contribution in [0.1, 0.15) is 6.92 Å². The van der Waals surface area contributed by atoms with Gasteiger partial charge in [0.15, 0.2) is 6.54 Å². The molecule has 2 aromatic carbocycles. The van der Waals surface area contributed by atoms with Gasteiger partial charge in [-0.3, -0.25) is 4.79 Å². The number of benzene rings is 2. The van der Waals surface area contributed by atoms with E-state index in [1.165, 1.54) is 10.6 Å². The van der Waals surface area contributed by atoms with Crippen molar-refractivity contribution in [3.05, 3.63) is 53.6 Å². The molecule has 5 nitrogen and oxygen atoms in total. The van der Waals surface area contributed by atoms with E-state index in [1.807, 2.05) is 55.5 Å². The molecule has 3 rings (SSSR count). The van der Waals surface area contributed by atoms with Crippen molar-refractivity contribution in [3.8, 4) is 5.75 Å². The van der Waals surface area contributed by atoms with Crippen LogP contribution < -0.4 is 19.9 Å². The molecular formula is C20H25ClN3O2+. The fourth-order valence-corrected chi connectivity index (χ4v) is 3.27. The Kier molecular flexibility index (Phi) is 6.36. The van der Waals surface area contributed by atoms with Gasteiger partial charge in [0.05, 0.1) is 32.8 Å². The van der Waals surface area contributed by atoms with E-state index in [9.17, 15) is 4.79 Å². The van der Waals surface area contributed by atoms with Crippen molar-refractivity contribution in [2.24, 2.45) is 0 Å². The molecule has 1 aliphatic rings. The first-order chi connectivity index (χ1) is 12.6. The molecule has 0 radical (unpaired) electrons. The number of nitrogens with zero attached hydrogens (tertiary/aromatic N) is 1. The van der Waals surface area contributed by atoms with Crippen LogP contribution in [0.15, 0.2) is 48.5 Å². The normalized spacial score (nSPS) is 14.9. The van der Waals surface area contributed by atoms with Crippen molar-refractivity contribution >= 4 is 28.9 Å². The van der Waals surface area contributed by atoms with Gasteiger partial charge in [-0.2, -0.15) is 0 Å². The van der Waals surface area contributed by atoms with E-state index in [0.29, 0.717) is 13.2 Å². The number of piperazine rings is 1. The van der Waals surface area contributed by atoms with E-state index < -0.39 is 0 Å². The minimum Gasteiger partial charge on any atom is -0.494 e. The van der Waals surface area contributed by atoms with Crippen molar-refractivity contribution in [2.45, 2.75) is 6.92 Å². The van der Waals surface area contributed by atoms with E-state index in [0.717, 1.165) is 42.6 Å². The fourth-order valence-electron chi connectivity index (χ4n) is 3.14. The lowest BCUT2D eigenvalue weighted by Gasteiger charge is -2.33. The second-order valence-corrected chi connectivity index (χ2v) is 6.83. The van der Waals surface area contributed by atoms with Gasteiger partial charge < -0.3 is 19.9 Å². The Morgan fingerprint density at radius 3 is 2.38 bits per heavy atom. The molecule has 26 heavy (non-hydrogen) atoms. The van der Waals surface area contributed by atoms with Crippen LogP contribution in [-0.2, 0) is 4.79 Å². The molecular weight excluding hydrogens is 350 g/mol. The van der Waals surface area contributed by atoms with Gasteiger partial charge in [-0.05, 0) is 55.5 Å². The predicted molar refractivity (Wildman–Crippen MR) is 105 cm³/mol. The highest BCUT2D eigenvalue weighted by Crippen LogP contribution is 2.18. The number of quaternary nitrogens is 1. The van der Waals surface area contributed by atoms with Crippen LogP contribution >= 0.6 is 11.6 Å². The fraction of sp³-hybridized carbons (Fsp3) is 0.350. The van der Waals surface area contributed by atoms with Crippen LogP contribution in [0.5, 0.6) is 5.75 Å². The number of halogens is 1. The number of rotatable bonds is 6. The minimum atomic E-state index is 0.0455. The second-order valence-electron chi connectivity index (χ2n) is 6.40. The number of hydrogen-bond donors (Lipinski definition) is 2. The van der Waals surface area contributed by atoms with E-state index >= 15 is 0 Å². The van der Waals surface area contributed by atoms with Crippen LogP contribution in [0.25, 0.3) is 0 Å². The number of nitrogens with one attached hydrogen (secondary N) is 2. The largest absolute Gasteiger partial charge is 0.494 e. The zero-order valence-electron chi connectivity index (χ0n) is 15.0. The average Bonchev–Trinajstić information content (AvgIpc) is 2.65. The molecule has 0 atom stereocenters. The van der Waals surface area contributed by atoms with E-state index in [2.05, 4.69) is 10.2 Å². The molecule has 0 aliphatic carbocycles. The number of carbonyl (C=O) groups is 1. The smallest absolute Gasteiger partial charge is 0.279 e. The second kappa shape index (κ2) is 8.92. The van der Waals surface area contributed by atoms with Gasteiger partial charge in [0.2, 0.25) is 0 Å². The first-order valence-corrected chi connectivity index (χ1v) is 9.38. The maximum atomic E-state index is 12.3. The topological polar surface area (TPSA) is 46.0 Å². The zero-order chi connectivity index (χ0) is 18.4. The lowest BCUT2D eigenvalue weighted by Crippen LogP contribution is -3.15. The maximum absolute atomic E-state index is 12.3.